The maximum atomic E-state index is 5.37. The van der Waals surface area contributed by atoms with Gasteiger partial charge in [-0.3, -0.25) is 0 Å². The molecule has 3 aliphatic carbocycles. The Morgan fingerprint density at radius 3 is 1.02 bits per heavy atom. The number of hydrogen-bond donors (Lipinski definition) is 0. The van der Waals surface area contributed by atoms with Crippen molar-refractivity contribution in [3.05, 3.63) is 300 Å². The van der Waals surface area contributed by atoms with Crippen molar-refractivity contribution in [1.82, 2.24) is 19.9 Å². The zero-order chi connectivity index (χ0) is 53.8. The van der Waals surface area contributed by atoms with Gasteiger partial charge in [0, 0.05) is 85.6 Å². The quantitative estimate of drug-likeness (QED) is 0.152. The maximum Gasteiger partial charge on any atom is 0.160 e. The molecule has 0 saturated carbocycles. The number of nitrogens with zero attached hydrogens (tertiary/aromatic N) is 4. The van der Waals surface area contributed by atoms with Crippen molar-refractivity contribution < 1.29 is 0 Å². The van der Waals surface area contributed by atoms with Gasteiger partial charge in [0.15, 0.2) is 11.6 Å². The first kappa shape index (κ1) is 46.9. The van der Waals surface area contributed by atoms with Crippen molar-refractivity contribution in [3.63, 3.8) is 0 Å². The van der Waals surface area contributed by atoms with Crippen LogP contribution in [0.5, 0.6) is 0 Å². The average molecular weight is 1080 g/mol. The molecular weight excluding hydrogens is 1030 g/mol. The zero-order valence-electron chi connectivity index (χ0n) is 44.2. The van der Waals surface area contributed by atoms with Gasteiger partial charge < -0.3 is 0 Å². The Morgan fingerprint density at radius 1 is 0.232 bits per heavy atom. The first-order valence-corrected chi connectivity index (χ1v) is 29.5. The third-order valence-electron chi connectivity index (χ3n) is 16.9. The van der Waals surface area contributed by atoms with Crippen LogP contribution in [0.1, 0.15) is 45.2 Å². The summed E-state index contributed by atoms with van der Waals surface area (Å²) in [4.78, 5) is 21.4. The van der Waals surface area contributed by atoms with Crippen LogP contribution in [-0.4, -0.2) is 19.9 Å². The van der Waals surface area contributed by atoms with Crippen LogP contribution in [0.4, 0.5) is 0 Å². The van der Waals surface area contributed by atoms with Crippen LogP contribution in [0.2, 0.25) is 0 Å². The van der Waals surface area contributed by atoms with Crippen LogP contribution in [0.25, 0.3) is 130 Å². The molecule has 4 aromatic heterocycles. The van der Waals surface area contributed by atoms with E-state index in [1.165, 1.54) is 96.0 Å². The molecule has 0 fully saturated rings. The predicted octanol–water partition coefficient (Wildman–Crippen LogP) is 20.3. The van der Waals surface area contributed by atoms with Gasteiger partial charge in [0.05, 0.1) is 22.8 Å². The van der Waals surface area contributed by atoms with Gasteiger partial charge in [-0.25, -0.2) is 19.9 Å². The molecular formula is C76H46N4S2. The lowest BCUT2D eigenvalue weighted by Gasteiger charge is -2.42. The topological polar surface area (TPSA) is 51.6 Å². The van der Waals surface area contributed by atoms with Gasteiger partial charge in [0.1, 0.15) is 0 Å². The van der Waals surface area contributed by atoms with E-state index in [-0.39, 0.29) is 11.8 Å². The van der Waals surface area contributed by atoms with E-state index in [0.29, 0.717) is 11.6 Å². The van der Waals surface area contributed by atoms with E-state index in [1.807, 2.05) is 34.8 Å². The van der Waals surface area contributed by atoms with Crippen molar-refractivity contribution in [2.24, 2.45) is 0 Å². The first-order valence-electron chi connectivity index (χ1n) is 27.9. The molecule has 82 heavy (non-hydrogen) atoms. The Kier molecular flexibility index (Phi) is 10.8. The van der Waals surface area contributed by atoms with Crippen molar-refractivity contribution in [1.29, 1.82) is 0 Å². The van der Waals surface area contributed by atoms with Gasteiger partial charge in [-0.1, -0.05) is 218 Å². The lowest BCUT2D eigenvalue weighted by Crippen LogP contribution is -2.27. The molecule has 0 spiro atoms. The second-order valence-electron chi connectivity index (χ2n) is 21.6. The second kappa shape index (κ2) is 18.8. The molecule has 2 bridgehead atoms. The molecule has 2 atom stereocenters. The van der Waals surface area contributed by atoms with E-state index in [4.69, 9.17) is 19.9 Å². The Labute approximate surface area is 482 Å². The minimum atomic E-state index is 0.0392. The molecule has 0 aliphatic heterocycles. The maximum absolute atomic E-state index is 5.37. The van der Waals surface area contributed by atoms with Crippen LogP contribution in [0.15, 0.2) is 267 Å². The SMILES string of the molecule is c1ccc(-c2nc(-c3cccc(-c4cccc5c4sc4ccccc45)c3)cc(-c3ccc4c(c3)C3c5ccccc5C4c4cc(-c5cc(-c6cccc(-c7cccc8c7sc7ccccc78)c6)nc(-c6ccccc6)n5)ccc43)n2)cc1. The third-order valence-corrected chi connectivity index (χ3v) is 19.3. The Balaban J connectivity index is 0.765. The summed E-state index contributed by atoms with van der Waals surface area (Å²) < 4.78 is 5.20. The molecule has 4 heterocycles. The van der Waals surface area contributed by atoms with Gasteiger partial charge in [0.25, 0.3) is 0 Å². The minimum Gasteiger partial charge on any atom is -0.228 e. The molecule has 3 aliphatic rings. The van der Waals surface area contributed by atoms with E-state index in [9.17, 15) is 0 Å². The Bertz CT molecular complexity index is 4760. The fraction of sp³-hybridized carbons (Fsp3) is 0.0263. The summed E-state index contributed by atoms with van der Waals surface area (Å²) in [7, 11) is 0. The number of benzene rings is 11. The number of thiophene rings is 2. The van der Waals surface area contributed by atoms with Crippen molar-refractivity contribution in [3.8, 4) is 90.1 Å². The molecule has 4 nitrogen and oxygen atoms in total. The minimum absolute atomic E-state index is 0.0392. The van der Waals surface area contributed by atoms with Crippen molar-refractivity contribution in [2.75, 3.05) is 0 Å². The molecule has 15 aromatic rings. The number of hydrogen-bond acceptors (Lipinski definition) is 6. The predicted molar refractivity (Wildman–Crippen MR) is 342 cm³/mol. The second-order valence-corrected chi connectivity index (χ2v) is 23.7. The molecule has 6 heteroatoms. The summed E-state index contributed by atoms with van der Waals surface area (Å²) in [5.41, 5.74) is 22.6. The Hall–Kier alpha value is -9.98. The largest absolute Gasteiger partial charge is 0.228 e. The smallest absolute Gasteiger partial charge is 0.160 e. The molecule has 2 unspecified atom stereocenters. The third kappa shape index (κ3) is 7.63. The summed E-state index contributed by atoms with van der Waals surface area (Å²) in [6, 6.07) is 96.8. The highest BCUT2D eigenvalue weighted by molar-refractivity contribution is 7.26. The fourth-order valence-electron chi connectivity index (χ4n) is 13.1. The van der Waals surface area contributed by atoms with Gasteiger partial charge in [-0.05, 0) is 104 Å². The molecule has 0 radical (unpaired) electrons. The van der Waals surface area contributed by atoms with E-state index in [1.54, 1.807) is 0 Å². The molecule has 0 N–H and O–H groups in total. The lowest BCUT2D eigenvalue weighted by atomic mass is 9.60. The van der Waals surface area contributed by atoms with Gasteiger partial charge in [-0.2, -0.15) is 0 Å². The summed E-state index contributed by atoms with van der Waals surface area (Å²) in [6.45, 7) is 0. The fourth-order valence-corrected chi connectivity index (χ4v) is 15.6. The summed E-state index contributed by atoms with van der Waals surface area (Å²) in [5, 5.41) is 5.18. The van der Waals surface area contributed by atoms with Gasteiger partial charge in [-0.15, -0.1) is 22.7 Å². The average Bonchev–Trinajstić information content (AvgIpc) is 3.97. The van der Waals surface area contributed by atoms with E-state index in [0.717, 1.165) is 56.2 Å². The highest BCUT2D eigenvalue weighted by atomic mass is 32.1. The number of fused-ring (bicyclic) bond motifs is 6. The van der Waals surface area contributed by atoms with E-state index >= 15 is 0 Å². The van der Waals surface area contributed by atoms with Crippen LogP contribution in [0, 0.1) is 0 Å². The molecule has 0 saturated heterocycles. The van der Waals surface area contributed by atoms with E-state index in [2.05, 4.69) is 255 Å². The molecule has 0 amide bonds. The van der Waals surface area contributed by atoms with E-state index < -0.39 is 0 Å². The van der Waals surface area contributed by atoms with Crippen LogP contribution >= 0.6 is 22.7 Å². The number of rotatable bonds is 8. The lowest BCUT2D eigenvalue weighted by molar-refractivity contribution is 0.755. The highest BCUT2D eigenvalue weighted by Crippen LogP contribution is 2.57. The van der Waals surface area contributed by atoms with Crippen molar-refractivity contribution >= 4 is 63.0 Å². The summed E-state index contributed by atoms with van der Waals surface area (Å²) >= 11 is 3.72. The van der Waals surface area contributed by atoms with Crippen molar-refractivity contribution in [2.45, 2.75) is 11.8 Å². The molecule has 11 aromatic carbocycles. The van der Waals surface area contributed by atoms with Crippen LogP contribution in [-0.2, 0) is 0 Å². The first-order chi connectivity index (χ1) is 40.6. The standard InChI is InChI=1S/C76H46N4S2/c1-3-17-45(18-4-1)75-77-65(49-23-13-21-47(39-49)53-29-15-31-61-55-25-9-11-33-69(55)81-73(53)61)43-67(79-75)51-35-37-59-63(41-51)71-57-27-7-8-28-58(57)72(59)64-42-52(36-38-60(64)71)68-44-66(78-76(80-68)46-19-5-2-6-20-46)50-24-14-22-48(40-50)54-30-16-32-62-56-26-10-12-34-70(56)82-74(54)62/h1-44,71-72H. The van der Waals surface area contributed by atoms with Crippen LogP contribution in [0.3, 0.4) is 0 Å². The summed E-state index contributed by atoms with van der Waals surface area (Å²) in [5.74, 6) is 1.48. The molecule has 18 rings (SSSR count). The summed E-state index contributed by atoms with van der Waals surface area (Å²) in [6.07, 6.45) is 0. The normalized spacial score (nSPS) is 14.1. The Morgan fingerprint density at radius 2 is 0.573 bits per heavy atom. The zero-order valence-corrected chi connectivity index (χ0v) is 45.8. The van der Waals surface area contributed by atoms with Gasteiger partial charge in [0.2, 0.25) is 0 Å². The van der Waals surface area contributed by atoms with Crippen LogP contribution < -0.4 is 0 Å². The molecule has 382 valence electrons. The monoisotopic (exact) mass is 1080 g/mol. The van der Waals surface area contributed by atoms with Gasteiger partial charge >= 0.3 is 0 Å². The highest BCUT2D eigenvalue weighted by Gasteiger charge is 2.41. The number of aromatic nitrogens is 4.